The van der Waals surface area contributed by atoms with Gasteiger partial charge in [0, 0.05) is 6.04 Å². The van der Waals surface area contributed by atoms with Gasteiger partial charge in [0.15, 0.2) is 11.5 Å². The molecule has 0 unspecified atom stereocenters. The average molecular weight is 266 g/mol. The standard InChI is InChI=1S/C13H18N2O4/c1-18-12-7-9(10-5-3-4-6-14-10)11(15(16)17)8-13(12)19-2/h7-8,10,14H,3-6H2,1-2H3/t10-/m1/s1. The molecular weight excluding hydrogens is 248 g/mol. The minimum Gasteiger partial charge on any atom is -0.493 e. The average Bonchev–Trinajstić information content (AvgIpc) is 2.46. The highest BCUT2D eigenvalue weighted by Crippen LogP contribution is 2.39. The molecule has 6 heteroatoms. The smallest absolute Gasteiger partial charge is 0.278 e. The van der Waals surface area contributed by atoms with Crippen molar-refractivity contribution in [2.75, 3.05) is 20.8 Å². The molecule has 1 N–H and O–H groups in total. The van der Waals surface area contributed by atoms with Crippen molar-refractivity contribution in [1.82, 2.24) is 5.32 Å². The number of benzene rings is 1. The largest absolute Gasteiger partial charge is 0.493 e. The second kappa shape index (κ2) is 5.88. The molecule has 19 heavy (non-hydrogen) atoms. The van der Waals surface area contributed by atoms with Crippen LogP contribution in [0, 0.1) is 10.1 Å². The number of nitro benzene ring substituents is 1. The molecule has 0 aliphatic carbocycles. The van der Waals surface area contributed by atoms with Gasteiger partial charge in [0.1, 0.15) is 0 Å². The lowest BCUT2D eigenvalue weighted by Crippen LogP contribution is -2.27. The van der Waals surface area contributed by atoms with Crippen molar-refractivity contribution >= 4 is 5.69 Å². The highest BCUT2D eigenvalue weighted by atomic mass is 16.6. The van der Waals surface area contributed by atoms with E-state index in [-0.39, 0.29) is 16.7 Å². The van der Waals surface area contributed by atoms with Gasteiger partial charge in [-0.2, -0.15) is 0 Å². The first-order chi connectivity index (χ1) is 9.17. The normalized spacial score (nSPS) is 18.9. The van der Waals surface area contributed by atoms with Crippen LogP contribution in [0.15, 0.2) is 12.1 Å². The fourth-order valence-corrected chi connectivity index (χ4v) is 2.44. The second-order valence-electron chi connectivity index (χ2n) is 4.53. The summed E-state index contributed by atoms with van der Waals surface area (Å²) in [5.74, 6) is 0.907. The summed E-state index contributed by atoms with van der Waals surface area (Å²) in [5, 5.41) is 14.5. The zero-order chi connectivity index (χ0) is 13.8. The zero-order valence-electron chi connectivity index (χ0n) is 11.1. The third kappa shape index (κ3) is 2.78. The fraction of sp³-hybridized carbons (Fsp3) is 0.538. The summed E-state index contributed by atoms with van der Waals surface area (Å²) in [6.45, 7) is 0.885. The summed E-state index contributed by atoms with van der Waals surface area (Å²) in [6.07, 6.45) is 3.08. The first-order valence-electron chi connectivity index (χ1n) is 6.31. The van der Waals surface area contributed by atoms with Gasteiger partial charge in [-0.3, -0.25) is 10.1 Å². The maximum absolute atomic E-state index is 11.2. The van der Waals surface area contributed by atoms with Gasteiger partial charge < -0.3 is 14.8 Å². The number of methoxy groups -OCH3 is 2. The van der Waals surface area contributed by atoms with Crippen molar-refractivity contribution in [3.05, 3.63) is 27.8 Å². The maximum Gasteiger partial charge on any atom is 0.278 e. The Morgan fingerprint density at radius 1 is 1.26 bits per heavy atom. The molecule has 0 saturated carbocycles. The van der Waals surface area contributed by atoms with Gasteiger partial charge in [0.05, 0.1) is 30.8 Å². The predicted octanol–water partition coefficient (Wildman–Crippen LogP) is 2.43. The summed E-state index contributed by atoms with van der Waals surface area (Å²) in [7, 11) is 3.00. The Labute approximate surface area is 111 Å². The van der Waals surface area contributed by atoms with Crippen LogP contribution in [-0.2, 0) is 0 Å². The molecule has 0 bridgehead atoms. The van der Waals surface area contributed by atoms with Crippen LogP contribution in [0.2, 0.25) is 0 Å². The van der Waals surface area contributed by atoms with Gasteiger partial charge in [-0.15, -0.1) is 0 Å². The Balaban J connectivity index is 2.46. The SMILES string of the molecule is COc1cc([C@H]2CCCCN2)c([N+](=O)[O-])cc1OC. The van der Waals surface area contributed by atoms with E-state index in [9.17, 15) is 10.1 Å². The molecule has 0 aromatic heterocycles. The van der Waals surface area contributed by atoms with Crippen molar-refractivity contribution in [3.63, 3.8) is 0 Å². The van der Waals surface area contributed by atoms with Crippen LogP contribution in [0.25, 0.3) is 0 Å². The quantitative estimate of drug-likeness (QED) is 0.669. The van der Waals surface area contributed by atoms with E-state index in [2.05, 4.69) is 5.32 Å². The topological polar surface area (TPSA) is 73.6 Å². The van der Waals surface area contributed by atoms with Crippen LogP contribution in [0.4, 0.5) is 5.69 Å². The minimum atomic E-state index is -0.367. The van der Waals surface area contributed by atoms with Gasteiger partial charge in [0.2, 0.25) is 0 Å². The second-order valence-corrected chi connectivity index (χ2v) is 4.53. The molecule has 0 radical (unpaired) electrons. The Morgan fingerprint density at radius 3 is 2.47 bits per heavy atom. The molecule has 0 spiro atoms. The lowest BCUT2D eigenvalue weighted by molar-refractivity contribution is -0.385. The maximum atomic E-state index is 11.2. The Hall–Kier alpha value is -1.82. The number of ether oxygens (including phenoxy) is 2. The van der Waals surface area contributed by atoms with E-state index < -0.39 is 0 Å². The molecular formula is C13H18N2O4. The van der Waals surface area contributed by atoms with Gasteiger partial charge in [0.25, 0.3) is 5.69 Å². The van der Waals surface area contributed by atoms with E-state index in [0.29, 0.717) is 17.1 Å². The molecule has 6 nitrogen and oxygen atoms in total. The predicted molar refractivity (Wildman–Crippen MR) is 70.8 cm³/mol. The number of rotatable bonds is 4. The summed E-state index contributed by atoms with van der Waals surface area (Å²) < 4.78 is 10.3. The van der Waals surface area contributed by atoms with E-state index in [4.69, 9.17) is 9.47 Å². The molecule has 1 saturated heterocycles. The molecule has 1 atom stereocenters. The van der Waals surface area contributed by atoms with Gasteiger partial charge in [-0.1, -0.05) is 6.42 Å². The van der Waals surface area contributed by atoms with Crippen LogP contribution in [0.3, 0.4) is 0 Å². The van der Waals surface area contributed by atoms with Crippen molar-refractivity contribution in [1.29, 1.82) is 0 Å². The molecule has 1 fully saturated rings. The van der Waals surface area contributed by atoms with Gasteiger partial charge in [-0.25, -0.2) is 0 Å². The molecule has 2 rings (SSSR count). The molecule has 1 aliphatic rings. The zero-order valence-corrected chi connectivity index (χ0v) is 11.1. The Kier molecular flexibility index (Phi) is 4.21. The van der Waals surface area contributed by atoms with E-state index in [1.807, 2.05) is 0 Å². The van der Waals surface area contributed by atoms with Crippen LogP contribution in [-0.4, -0.2) is 25.7 Å². The molecule has 0 amide bonds. The van der Waals surface area contributed by atoms with Crippen LogP contribution in [0.1, 0.15) is 30.9 Å². The minimum absolute atomic E-state index is 0.00829. The Bertz CT molecular complexity index is 470. The molecule has 1 aromatic rings. The Morgan fingerprint density at radius 2 is 1.95 bits per heavy atom. The summed E-state index contributed by atoms with van der Waals surface area (Å²) in [6, 6.07) is 3.15. The summed E-state index contributed by atoms with van der Waals surface area (Å²) in [5.41, 5.74) is 0.749. The fourth-order valence-electron chi connectivity index (χ4n) is 2.44. The van der Waals surface area contributed by atoms with Gasteiger partial charge in [-0.05, 0) is 25.5 Å². The molecule has 104 valence electrons. The van der Waals surface area contributed by atoms with Gasteiger partial charge >= 0.3 is 0 Å². The van der Waals surface area contributed by atoms with Crippen molar-refractivity contribution in [2.45, 2.75) is 25.3 Å². The number of piperidine rings is 1. The lowest BCUT2D eigenvalue weighted by atomic mass is 9.95. The number of nitro groups is 1. The van der Waals surface area contributed by atoms with Crippen molar-refractivity contribution in [3.8, 4) is 11.5 Å². The number of nitrogens with one attached hydrogen (secondary N) is 1. The monoisotopic (exact) mass is 266 g/mol. The van der Waals surface area contributed by atoms with E-state index in [1.165, 1.54) is 20.3 Å². The first kappa shape index (κ1) is 13.6. The molecule has 1 heterocycles. The van der Waals surface area contributed by atoms with Crippen LogP contribution < -0.4 is 14.8 Å². The highest BCUT2D eigenvalue weighted by Gasteiger charge is 2.26. The lowest BCUT2D eigenvalue weighted by Gasteiger charge is -2.24. The van der Waals surface area contributed by atoms with Crippen LogP contribution >= 0.6 is 0 Å². The first-order valence-corrected chi connectivity index (χ1v) is 6.31. The van der Waals surface area contributed by atoms with Crippen molar-refractivity contribution < 1.29 is 14.4 Å². The summed E-state index contributed by atoms with van der Waals surface area (Å²) >= 11 is 0. The van der Waals surface area contributed by atoms with E-state index in [0.717, 1.165) is 25.8 Å². The van der Waals surface area contributed by atoms with E-state index >= 15 is 0 Å². The molecule has 1 aromatic carbocycles. The third-order valence-corrected chi connectivity index (χ3v) is 3.42. The number of hydrogen-bond donors (Lipinski definition) is 1. The number of nitrogens with zero attached hydrogens (tertiary/aromatic N) is 1. The summed E-state index contributed by atoms with van der Waals surface area (Å²) in [4.78, 5) is 10.8. The number of hydrogen-bond acceptors (Lipinski definition) is 5. The van der Waals surface area contributed by atoms with E-state index in [1.54, 1.807) is 6.07 Å². The van der Waals surface area contributed by atoms with Crippen LogP contribution in [0.5, 0.6) is 11.5 Å². The third-order valence-electron chi connectivity index (χ3n) is 3.42. The van der Waals surface area contributed by atoms with Crippen molar-refractivity contribution in [2.24, 2.45) is 0 Å². The molecule has 1 aliphatic heterocycles. The highest BCUT2D eigenvalue weighted by molar-refractivity contribution is 5.55.